The molecule has 0 amide bonds. The van der Waals surface area contributed by atoms with Crippen LogP contribution in [-0.4, -0.2) is 12.9 Å². The van der Waals surface area contributed by atoms with E-state index in [0.717, 1.165) is 5.57 Å². The second-order valence-electron chi connectivity index (χ2n) is 2.47. The van der Waals surface area contributed by atoms with E-state index in [1.54, 1.807) is 6.08 Å². The lowest BCUT2D eigenvalue weighted by Crippen LogP contribution is -2.17. The minimum Gasteiger partial charge on any atom is -0.451 e. The van der Waals surface area contributed by atoms with E-state index in [-0.39, 0.29) is 0 Å². The Morgan fingerprint density at radius 1 is 1.75 bits per heavy atom. The molecule has 0 aromatic carbocycles. The first-order valence-corrected chi connectivity index (χ1v) is 3.84. The Hall–Kier alpha value is -1.27. The fourth-order valence-corrected chi connectivity index (χ4v) is 0.968. The maximum absolute atomic E-state index is 8.57. The molecule has 64 valence electrons. The van der Waals surface area contributed by atoms with Gasteiger partial charge in [0.1, 0.15) is 6.07 Å². The number of rotatable bonds is 2. The number of allylic oxidation sites excluding steroid dienone is 3. The normalized spacial score (nSPS) is 21.9. The Morgan fingerprint density at radius 2 is 2.50 bits per heavy atom. The van der Waals surface area contributed by atoms with E-state index in [2.05, 4.69) is 0 Å². The summed E-state index contributed by atoms with van der Waals surface area (Å²) < 4.78 is 10.3. The predicted molar refractivity (Wildman–Crippen MR) is 44.0 cm³/mol. The SMILES string of the molecule is CCOC1C=C(C)C=C(C#N)O1. The summed E-state index contributed by atoms with van der Waals surface area (Å²) in [5, 5.41) is 8.57. The van der Waals surface area contributed by atoms with Crippen LogP contribution in [0.4, 0.5) is 0 Å². The first-order valence-electron chi connectivity index (χ1n) is 3.84. The molecular formula is C9H11NO2. The van der Waals surface area contributed by atoms with Crippen LogP contribution in [0, 0.1) is 11.3 Å². The molecule has 0 saturated carbocycles. The van der Waals surface area contributed by atoms with Crippen LogP contribution in [0.2, 0.25) is 0 Å². The van der Waals surface area contributed by atoms with Crippen LogP contribution in [0.3, 0.4) is 0 Å². The third-order valence-electron chi connectivity index (χ3n) is 1.44. The molecule has 0 bridgehead atoms. The summed E-state index contributed by atoms with van der Waals surface area (Å²) in [7, 11) is 0. The van der Waals surface area contributed by atoms with Gasteiger partial charge in [0.2, 0.25) is 12.0 Å². The molecular weight excluding hydrogens is 154 g/mol. The quantitative estimate of drug-likeness (QED) is 0.625. The van der Waals surface area contributed by atoms with Crippen LogP contribution in [0.5, 0.6) is 0 Å². The fourth-order valence-electron chi connectivity index (χ4n) is 0.968. The van der Waals surface area contributed by atoms with Crippen molar-refractivity contribution >= 4 is 0 Å². The first-order chi connectivity index (χ1) is 5.76. The Kier molecular flexibility index (Phi) is 2.89. The largest absolute Gasteiger partial charge is 0.451 e. The Morgan fingerprint density at radius 3 is 3.08 bits per heavy atom. The highest BCUT2D eigenvalue weighted by Crippen LogP contribution is 2.15. The summed E-state index contributed by atoms with van der Waals surface area (Å²) >= 11 is 0. The fraction of sp³-hybridized carbons (Fsp3) is 0.444. The molecule has 0 aliphatic carbocycles. The van der Waals surface area contributed by atoms with Gasteiger partial charge in [0, 0.05) is 6.61 Å². The van der Waals surface area contributed by atoms with Crippen LogP contribution in [0.15, 0.2) is 23.5 Å². The lowest BCUT2D eigenvalue weighted by molar-refractivity contribution is -0.0769. The van der Waals surface area contributed by atoms with Gasteiger partial charge in [-0.05, 0) is 31.6 Å². The second-order valence-corrected chi connectivity index (χ2v) is 2.47. The minimum atomic E-state index is -0.394. The molecule has 1 unspecified atom stereocenters. The van der Waals surface area contributed by atoms with E-state index in [0.29, 0.717) is 12.4 Å². The molecule has 0 aromatic rings. The molecule has 1 aliphatic heterocycles. The van der Waals surface area contributed by atoms with Crippen molar-refractivity contribution in [3.63, 3.8) is 0 Å². The van der Waals surface area contributed by atoms with Gasteiger partial charge >= 0.3 is 0 Å². The summed E-state index contributed by atoms with van der Waals surface area (Å²) in [5.41, 5.74) is 0.997. The zero-order valence-electron chi connectivity index (χ0n) is 7.20. The van der Waals surface area contributed by atoms with Crippen molar-refractivity contribution in [1.29, 1.82) is 5.26 Å². The van der Waals surface area contributed by atoms with Gasteiger partial charge in [-0.25, -0.2) is 0 Å². The molecule has 0 saturated heterocycles. The van der Waals surface area contributed by atoms with Crippen molar-refractivity contribution in [2.45, 2.75) is 20.1 Å². The predicted octanol–water partition coefficient (Wildman–Crippen LogP) is 1.73. The molecule has 12 heavy (non-hydrogen) atoms. The molecule has 1 atom stereocenters. The number of ether oxygens (including phenoxy) is 2. The van der Waals surface area contributed by atoms with Crippen molar-refractivity contribution in [2.24, 2.45) is 0 Å². The van der Waals surface area contributed by atoms with Gasteiger partial charge in [0.05, 0.1) is 0 Å². The zero-order chi connectivity index (χ0) is 8.97. The molecule has 3 heteroatoms. The number of hydrogen-bond acceptors (Lipinski definition) is 3. The average molecular weight is 165 g/mol. The van der Waals surface area contributed by atoms with E-state index >= 15 is 0 Å². The lowest BCUT2D eigenvalue weighted by atomic mass is 10.2. The first kappa shape index (κ1) is 8.82. The highest BCUT2D eigenvalue weighted by molar-refractivity contribution is 5.29. The highest BCUT2D eigenvalue weighted by atomic mass is 16.7. The van der Waals surface area contributed by atoms with Crippen molar-refractivity contribution in [3.8, 4) is 6.07 Å². The minimum absolute atomic E-state index is 0.313. The van der Waals surface area contributed by atoms with Gasteiger partial charge in [-0.15, -0.1) is 0 Å². The smallest absolute Gasteiger partial charge is 0.221 e. The molecule has 0 N–H and O–H groups in total. The summed E-state index contributed by atoms with van der Waals surface area (Å²) in [6.45, 7) is 4.37. The molecule has 1 rings (SSSR count). The van der Waals surface area contributed by atoms with Crippen molar-refractivity contribution in [2.75, 3.05) is 6.61 Å². The average Bonchev–Trinajstić information content (AvgIpc) is 2.04. The van der Waals surface area contributed by atoms with Crippen molar-refractivity contribution < 1.29 is 9.47 Å². The van der Waals surface area contributed by atoms with Gasteiger partial charge in [0.25, 0.3) is 0 Å². The van der Waals surface area contributed by atoms with Crippen molar-refractivity contribution in [3.05, 3.63) is 23.5 Å². The van der Waals surface area contributed by atoms with Crippen molar-refractivity contribution in [1.82, 2.24) is 0 Å². The van der Waals surface area contributed by atoms with Gasteiger partial charge in [-0.2, -0.15) is 5.26 Å². The third kappa shape index (κ3) is 2.11. The third-order valence-corrected chi connectivity index (χ3v) is 1.44. The van der Waals surface area contributed by atoms with Gasteiger partial charge < -0.3 is 9.47 Å². The highest BCUT2D eigenvalue weighted by Gasteiger charge is 2.13. The molecule has 1 heterocycles. The Bertz CT molecular complexity index is 260. The van der Waals surface area contributed by atoms with Crippen LogP contribution in [0.25, 0.3) is 0 Å². The van der Waals surface area contributed by atoms with E-state index in [9.17, 15) is 0 Å². The summed E-state index contributed by atoms with van der Waals surface area (Å²) in [4.78, 5) is 0. The lowest BCUT2D eigenvalue weighted by Gasteiger charge is -2.18. The second kappa shape index (κ2) is 3.93. The maximum atomic E-state index is 8.57. The molecule has 3 nitrogen and oxygen atoms in total. The standard InChI is InChI=1S/C9H11NO2/c1-3-11-9-5-7(2)4-8(6-10)12-9/h4-5,9H,3H2,1-2H3. The topological polar surface area (TPSA) is 42.2 Å². The van der Waals surface area contributed by atoms with E-state index in [1.807, 2.05) is 26.0 Å². The van der Waals surface area contributed by atoms with E-state index < -0.39 is 6.29 Å². The molecule has 0 aromatic heterocycles. The van der Waals surface area contributed by atoms with Crippen LogP contribution in [-0.2, 0) is 9.47 Å². The molecule has 1 aliphatic rings. The summed E-state index contributed by atoms with van der Waals surface area (Å²) in [6, 6.07) is 1.94. The molecule has 0 fully saturated rings. The van der Waals surface area contributed by atoms with Gasteiger partial charge in [-0.3, -0.25) is 0 Å². The zero-order valence-corrected chi connectivity index (χ0v) is 7.20. The molecule has 0 spiro atoms. The Balaban J connectivity index is 2.66. The number of nitriles is 1. The van der Waals surface area contributed by atoms with E-state index in [1.165, 1.54) is 0 Å². The van der Waals surface area contributed by atoms with Gasteiger partial charge in [0.15, 0.2) is 0 Å². The van der Waals surface area contributed by atoms with Crippen LogP contribution >= 0.6 is 0 Å². The number of hydrogen-bond donors (Lipinski definition) is 0. The summed E-state index contributed by atoms with van der Waals surface area (Å²) in [6.07, 6.45) is 3.13. The van der Waals surface area contributed by atoms with Crippen LogP contribution in [0.1, 0.15) is 13.8 Å². The molecule has 0 radical (unpaired) electrons. The monoisotopic (exact) mass is 165 g/mol. The van der Waals surface area contributed by atoms with E-state index in [4.69, 9.17) is 14.7 Å². The maximum Gasteiger partial charge on any atom is 0.221 e. The van der Waals surface area contributed by atoms with Crippen LogP contribution < -0.4 is 0 Å². The summed E-state index contributed by atoms with van der Waals surface area (Å²) in [5.74, 6) is 0.313. The number of nitrogens with zero attached hydrogens (tertiary/aromatic N) is 1. The Labute approximate surface area is 71.9 Å². The van der Waals surface area contributed by atoms with Gasteiger partial charge in [-0.1, -0.05) is 0 Å².